The number of aliphatic imine (C=N–C) groups is 1. The molecule has 1 atom stereocenters. The maximum Gasteiger partial charge on any atom is 0.125 e. The van der Waals surface area contributed by atoms with Crippen molar-refractivity contribution in [1.29, 1.82) is 5.41 Å². The van der Waals surface area contributed by atoms with Gasteiger partial charge in [0.05, 0.1) is 6.34 Å². The smallest absolute Gasteiger partial charge is 0.125 e. The van der Waals surface area contributed by atoms with Crippen LogP contribution in [0, 0.1) is 17.2 Å². The highest BCUT2D eigenvalue weighted by molar-refractivity contribution is 5.97. The highest BCUT2D eigenvalue weighted by atomic mass is 15.2. The molecule has 0 aromatic heterocycles. The van der Waals surface area contributed by atoms with Crippen molar-refractivity contribution < 1.29 is 0 Å². The van der Waals surface area contributed by atoms with Crippen LogP contribution in [0.5, 0.6) is 0 Å². The Morgan fingerprint density at radius 1 is 1.12 bits per heavy atom. The van der Waals surface area contributed by atoms with E-state index in [9.17, 15) is 0 Å². The molecule has 0 spiro atoms. The summed E-state index contributed by atoms with van der Waals surface area (Å²) in [6, 6.07) is 0.233. The normalized spacial score (nSPS) is 14.1. The topological polar surface area (TPSA) is 68.7 Å². The van der Waals surface area contributed by atoms with Crippen LogP contribution in [0.25, 0.3) is 0 Å². The SMILES string of the molecule is C=C/C(=C\C(N)=C\CCCN(CCC)C[C@@H](C)/C=C\C(=N)N(/C=N\C(C)C)CC)C(=C)C(C)C. The van der Waals surface area contributed by atoms with E-state index in [1.807, 2.05) is 43.9 Å². The number of amidine groups is 1. The monoisotopic (exact) mass is 469 g/mol. The van der Waals surface area contributed by atoms with E-state index in [2.05, 4.69) is 62.9 Å². The van der Waals surface area contributed by atoms with E-state index in [1.165, 1.54) is 0 Å². The number of rotatable bonds is 17. The third-order valence-electron chi connectivity index (χ3n) is 5.49. The van der Waals surface area contributed by atoms with Crippen molar-refractivity contribution in [2.75, 3.05) is 26.2 Å². The average Bonchev–Trinajstić information content (AvgIpc) is 2.78. The van der Waals surface area contributed by atoms with Gasteiger partial charge in [0.15, 0.2) is 0 Å². The Hall–Kier alpha value is -2.40. The van der Waals surface area contributed by atoms with Gasteiger partial charge >= 0.3 is 0 Å². The lowest BCUT2D eigenvalue weighted by atomic mass is 9.96. The van der Waals surface area contributed by atoms with Crippen LogP contribution in [0.15, 0.2) is 65.4 Å². The highest BCUT2D eigenvalue weighted by Crippen LogP contribution is 2.19. The first-order valence-corrected chi connectivity index (χ1v) is 12.8. The Kier molecular flexibility index (Phi) is 16.7. The van der Waals surface area contributed by atoms with Crippen molar-refractivity contribution in [1.82, 2.24) is 9.80 Å². The van der Waals surface area contributed by atoms with Gasteiger partial charge in [0, 0.05) is 24.8 Å². The second-order valence-corrected chi connectivity index (χ2v) is 9.50. The molecule has 34 heavy (non-hydrogen) atoms. The molecular formula is C29H51N5. The maximum atomic E-state index is 8.33. The van der Waals surface area contributed by atoms with Crippen molar-refractivity contribution in [3.05, 3.63) is 60.4 Å². The zero-order valence-electron chi connectivity index (χ0n) is 23.0. The molecule has 5 heteroatoms. The molecule has 5 nitrogen and oxygen atoms in total. The minimum Gasteiger partial charge on any atom is -0.399 e. The Morgan fingerprint density at radius 3 is 2.32 bits per heavy atom. The zero-order chi connectivity index (χ0) is 26.1. The molecule has 0 rings (SSSR count). The van der Waals surface area contributed by atoms with Gasteiger partial charge in [-0.1, -0.05) is 59.1 Å². The van der Waals surface area contributed by atoms with Crippen LogP contribution in [0.2, 0.25) is 0 Å². The quantitative estimate of drug-likeness (QED) is 0.109. The maximum absolute atomic E-state index is 8.33. The van der Waals surface area contributed by atoms with Crippen LogP contribution in [0.3, 0.4) is 0 Å². The summed E-state index contributed by atoms with van der Waals surface area (Å²) in [5, 5.41) is 8.33. The fourth-order valence-electron chi connectivity index (χ4n) is 3.40. The molecule has 0 aliphatic heterocycles. The molecule has 0 heterocycles. The van der Waals surface area contributed by atoms with Crippen molar-refractivity contribution in [3.63, 3.8) is 0 Å². The van der Waals surface area contributed by atoms with Gasteiger partial charge in [-0.2, -0.15) is 0 Å². The molecule has 0 bridgehead atoms. The Bertz CT molecular complexity index is 740. The predicted octanol–water partition coefficient (Wildman–Crippen LogP) is 6.57. The number of nitrogens with zero attached hydrogens (tertiary/aromatic N) is 3. The number of nitrogens with two attached hydrogens (primary N) is 1. The van der Waals surface area contributed by atoms with Gasteiger partial charge in [-0.05, 0) is 88.3 Å². The molecule has 0 amide bonds. The number of nitrogens with one attached hydrogen (secondary N) is 1. The Balaban J connectivity index is 4.82. The molecule has 0 aliphatic carbocycles. The van der Waals surface area contributed by atoms with Crippen molar-refractivity contribution in [3.8, 4) is 0 Å². The summed E-state index contributed by atoms with van der Waals surface area (Å²) in [6.07, 6.45) is 14.9. The van der Waals surface area contributed by atoms with Crippen LogP contribution >= 0.6 is 0 Å². The van der Waals surface area contributed by atoms with Crippen LogP contribution < -0.4 is 5.73 Å². The lowest BCUT2D eigenvalue weighted by Gasteiger charge is -2.24. The zero-order valence-corrected chi connectivity index (χ0v) is 23.0. The molecule has 0 saturated heterocycles. The van der Waals surface area contributed by atoms with Gasteiger partial charge in [0.25, 0.3) is 0 Å². The standard InChI is InChI=1S/C29H51N5/c1-10-18-33(19-14-13-15-28(30)20-27(11-2)26(9)23(4)5)21-25(8)16-17-29(31)34(12-3)22-32-24(6)7/h11,15-17,20,22-25,31H,2,9-10,12-14,18-19,21,30H2,1,3-8H3/b17-16-,27-20+,28-15-,31-29?,32-22-/t25-/m0/s1. The molecular weight excluding hydrogens is 418 g/mol. The summed E-state index contributed by atoms with van der Waals surface area (Å²) < 4.78 is 0. The Morgan fingerprint density at radius 2 is 1.79 bits per heavy atom. The average molecular weight is 470 g/mol. The third-order valence-corrected chi connectivity index (χ3v) is 5.49. The molecule has 192 valence electrons. The minimum absolute atomic E-state index is 0.233. The van der Waals surface area contributed by atoms with Gasteiger partial charge in [0.2, 0.25) is 0 Å². The van der Waals surface area contributed by atoms with E-state index in [0.717, 1.165) is 62.3 Å². The number of unbranched alkanes of at least 4 members (excludes halogenated alkanes) is 1. The first-order chi connectivity index (χ1) is 16.0. The molecule has 0 unspecified atom stereocenters. The molecule has 3 N–H and O–H groups in total. The van der Waals surface area contributed by atoms with Crippen molar-refractivity contribution in [2.24, 2.45) is 22.6 Å². The third kappa shape index (κ3) is 14.0. The molecule has 0 radical (unpaired) electrons. The lowest BCUT2D eigenvalue weighted by Crippen LogP contribution is -2.30. The largest absolute Gasteiger partial charge is 0.399 e. The fraction of sp³-hybridized carbons (Fsp3) is 0.586. The summed E-state index contributed by atoms with van der Waals surface area (Å²) in [5.41, 5.74) is 9.07. The number of hydrogen-bond acceptors (Lipinski definition) is 4. The van der Waals surface area contributed by atoms with Crippen LogP contribution in [-0.4, -0.2) is 54.2 Å². The van der Waals surface area contributed by atoms with Gasteiger partial charge in [-0.3, -0.25) is 10.4 Å². The Labute approximate surface area is 210 Å². The van der Waals surface area contributed by atoms with E-state index < -0.39 is 0 Å². The lowest BCUT2D eigenvalue weighted by molar-refractivity contribution is 0.251. The number of likely N-dealkylation sites (N-methyl/N-ethyl adjacent to an activating group) is 1. The number of hydrogen-bond donors (Lipinski definition) is 2. The van der Waals surface area contributed by atoms with E-state index in [0.29, 0.717) is 17.7 Å². The first-order valence-electron chi connectivity index (χ1n) is 12.8. The second kappa shape index (κ2) is 18.0. The van der Waals surface area contributed by atoms with E-state index in [1.54, 1.807) is 6.34 Å². The first kappa shape index (κ1) is 31.6. The summed E-state index contributed by atoms with van der Waals surface area (Å²) in [6.45, 7) is 26.7. The van der Waals surface area contributed by atoms with Crippen LogP contribution in [-0.2, 0) is 0 Å². The van der Waals surface area contributed by atoms with Gasteiger partial charge in [-0.15, -0.1) is 0 Å². The molecule has 0 aromatic carbocycles. The van der Waals surface area contributed by atoms with Gasteiger partial charge in [-0.25, -0.2) is 0 Å². The molecule has 0 saturated carbocycles. The molecule has 0 aromatic rings. The van der Waals surface area contributed by atoms with Gasteiger partial charge < -0.3 is 15.5 Å². The fourth-order valence-corrected chi connectivity index (χ4v) is 3.40. The minimum atomic E-state index is 0.233. The van der Waals surface area contributed by atoms with Crippen LogP contribution in [0.1, 0.15) is 67.7 Å². The summed E-state index contributed by atoms with van der Waals surface area (Å²) in [7, 11) is 0. The summed E-state index contributed by atoms with van der Waals surface area (Å²) >= 11 is 0. The predicted molar refractivity (Wildman–Crippen MR) is 153 cm³/mol. The van der Waals surface area contributed by atoms with E-state index >= 15 is 0 Å². The van der Waals surface area contributed by atoms with Crippen molar-refractivity contribution in [2.45, 2.75) is 73.8 Å². The second-order valence-electron chi connectivity index (χ2n) is 9.50. The molecule has 0 aliphatic rings. The van der Waals surface area contributed by atoms with Gasteiger partial charge in [0.1, 0.15) is 5.84 Å². The van der Waals surface area contributed by atoms with Crippen LogP contribution in [0.4, 0.5) is 0 Å². The summed E-state index contributed by atoms with van der Waals surface area (Å²) in [4.78, 5) is 8.77. The number of allylic oxidation sites excluding steroid dienone is 5. The van der Waals surface area contributed by atoms with Crippen molar-refractivity contribution >= 4 is 12.2 Å². The van der Waals surface area contributed by atoms with E-state index in [-0.39, 0.29) is 6.04 Å². The highest BCUT2D eigenvalue weighted by Gasteiger charge is 2.09. The van der Waals surface area contributed by atoms with E-state index in [4.69, 9.17) is 11.1 Å². The molecule has 0 fully saturated rings. The summed E-state index contributed by atoms with van der Waals surface area (Å²) in [5.74, 6) is 1.22.